The van der Waals surface area contributed by atoms with Crippen LogP contribution < -0.4 is 10.4 Å². The van der Waals surface area contributed by atoms with Gasteiger partial charge in [0.05, 0.1) is 12.0 Å². The summed E-state index contributed by atoms with van der Waals surface area (Å²) in [6, 6.07) is 16.6. The fourth-order valence-corrected chi connectivity index (χ4v) is 3.11. The number of benzene rings is 2. The van der Waals surface area contributed by atoms with E-state index < -0.39 is 23.7 Å². The summed E-state index contributed by atoms with van der Waals surface area (Å²) in [7, 11) is 0. The molecule has 2 aromatic carbocycles. The Hall–Kier alpha value is -2.47. The number of carbonyl (C=O) groups excluding carboxylic acids is 2. The van der Waals surface area contributed by atoms with Crippen LogP contribution in [0.2, 0.25) is 0 Å². The van der Waals surface area contributed by atoms with Crippen molar-refractivity contribution in [1.82, 2.24) is 5.32 Å². The first-order valence-corrected chi connectivity index (χ1v) is 10.1. The van der Waals surface area contributed by atoms with E-state index in [0.717, 1.165) is 16.7 Å². The van der Waals surface area contributed by atoms with Crippen molar-refractivity contribution in [3.05, 3.63) is 60.2 Å². The van der Waals surface area contributed by atoms with E-state index in [1.807, 2.05) is 60.9 Å². The Labute approximate surface area is 164 Å². The van der Waals surface area contributed by atoms with Crippen LogP contribution in [0.25, 0.3) is 11.1 Å². The molecule has 0 unspecified atom stereocenters. The van der Waals surface area contributed by atoms with E-state index in [9.17, 15) is 14.7 Å². The van der Waals surface area contributed by atoms with Crippen LogP contribution in [0.5, 0.6) is 0 Å². The molecule has 2 rings (SSSR count). The van der Waals surface area contributed by atoms with Crippen molar-refractivity contribution >= 4 is 23.8 Å². The van der Waals surface area contributed by atoms with Crippen molar-refractivity contribution < 1.29 is 19.4 Å². The number of carboxylic acids is 1. The van der Waals surface area contributed by atoms with Gasteiger partial charge in [0.2, 0.25) is 0 Å². The first kappa shape index (κ1) is 20.8. The van der Waals surface area contributed by atoms with Crippen molar-refractivity contribution in [1.29, 1.82) is 0 Å². The Morgan fingerprint density at radius 3 is 2.22 bits per heavy atom. The summed E-state index contributed by atoms with van der Waals surface area (Å²) in [4.78, 5) is 23.3. The summed E-state index contributed by atoms with van der Waals surface area (Å²) in [6.45, 7) is 3.53. The molecule has 144 valence electrons. The third kappa shape index (κ3) is 6.03. The molecule has 0 spiro atoms. The molecule has 6 heteroatoms. The van der Waals surface area contributed by atoms with E-state index >= 15 is 0 Å². The molecule has 2 aromatic rings. The highest BCUT2D eigenvalue weighted by Gasteiger charge is 2.26. The minimum Gasteiger partial charge on any atom is -0.548 e. The van der Waals surface area contributed by atoms with Crippen LogP contribution in [0.1, 0.15) is 25.8 Å². The second kappa shape index (κ2) is 9.46. The number of ether oxygens (including phenoxy) is 1. The molecular weight excluding hydrogens is 362 g/mol. The number of nitrogens with one attached hydrogen (secondary N) is 1. The van der Waals surface area contributed by atoms with Crippen molar-refractivity contribution in [3.63, 3.8) is 0 Å². The average Bonchev–Trinajstić information content (AvgIpc) is 2.65. The standard InChI is InChI=1S/C21H25NO4S/c1-21(2,26-20(25)22-18(19(23)24)13-14-27-3)17-11-9-16(10-12-17)15-7-5-4-6-8-15/h4-12,18H,13-14H2,1-3H3,(H,22,25)(H,23,24)/p-1/t18-/m0/s1. The van der Waals surface area contributed by atoms with Crippen LogP contribution >= 0.6 is 11.8 Å². The number of thioether (sulfide) groups is 1. The molecule has 0 radical (unpaired) electrons. The lowest BCUT2D eigenvalue weighted by Crippen LogP contribution is -2.49. The average molecular weight is 386 g/mol. The molecule has 27 heavy (non-hydrogen) atoms. The molecule has 0 aliphatic rings. The van der Waals surface area contributed by atoms with Gasteiger partial charge in [-0.1, -0.05) is 54.6 Å². The summed E-state index contributed by atoms with van der Waals surface area (Å²) < 4.78 is 5.48. The van der Waals surface area contributed by atoms with Gasteiger partial charge in [-0.2, -0.15) is 11.8 Å². The minimum absolute atomic E-state index is 0.283. The van der Waals surface area contributed by atoms with Gasteiger partial charge in [-0.25, -0.2) is 4.79 Å². The number of hydrogen-bond acceptors (Lipinski definition) is 5. The van der Waals surface area contributed by atoms with E-state index in [1.54, 1.807) is 13.8 Å². The molecule has 0 aliphatic carbocycles. The number of carbonyl (C=O) groups is 2. The lowest BCUT2D eigenvalue weighted by Gasteiger charge is -2.28. The van der Waals surface area contributed by atoms with Crippen LogP contribution in [-0.4, -0.2) is 30.1 Å². The Kier molecular flexibility index (Phi) is 7.30. The molecule has 1 N–H and O–H groups in total. The Morgan fingerprint density at radius 1 is 1.07 bits per heavy atom. The zero-order chi connectivity index (χ0) is 19.9. The summed E-state index contributed by atoms with van der Waals surface area (Å²) in [5, 5.41) is 13.5. The molecule has 0 saturated heterocycles. The summed E-state index contributed by atoms with van der Waals surface area (Å²) in [5.41, 5.74) is 2.07. The Balaban J connectivity index is 2.04. The second-order valence-electron chi connectivity index (χ2n) is 6.64. The third-order valence-electron chi connectivity index (χ3n) is 4.22. The predicted octanol–water partition coefficient (Wildman–Crippen LogP) is 3.19. The molecule has 0 fully saturated rings. The maximum atomic E-state index is 12.2. The Bertz CT molecular complexity index is 760. The fourth-order valence-electron chi connectivity index (χ4n) is 2.64. The van der Waals surface area contributed by atoms with E-state index in [1.165, 1.54) is 11.8 Å². The van der Waals surface area contributed by atoms with E-state index in [4.69, 9.17) is 4.74 Å². The first-order chi connectivity index (χ1) is 12.8. The van der Waals surface area contributed by atoms with Crippen LogP contribution in [0.15, 0.2) is 54.6 Å². The normalized spacial score (nSPS) is 12.3. The van der Waals surface area contributed by atoms with Crippen molar-refractivity contribution in [3.8, 4) is 11.1 Å². The van der Waals surface area contributed by atoms with E-state index in [-0.39, 0.29) is 6.42 Å². The Morgan fingerprint density at radius 2 is 1.67 bits per heavy atom. The molecule has 0 heterocycles. The summed E-state index contributed by atoms with van der Waals surface area (Å²) in [6.07, 6.45) is 1.37. The predicted molar refractivity (Wildman–Crippen MR) is 106 cm³/mol. The molecule has 0 aliphatic heterocycles. The van der Waals surface area contributed by atoms with Gasteiger partial charge in [0.15, 0.2) is 0 Å². The number of carboxylic acid groups (broad SMARTS) is 1. The van der Waals surface area contributed by atoms with Gasteiger partial charge >= 0.3 is 6.09 Å². The number of aliphatic carboxylic acids is 1. The largest absolute Gasteiger partial charge is 0.548 e. The smallest absolute Gasteiger partial charge is 0.408 e. The molecule has 1 atom stereocenters. The zero-order valence-corrected chi connectivity index (χ0v) is 16.5. The first-order valence-electron chi connectivity index (χ1n) is 8.69. The monoisotopic (exact) mass is 386 g/mol. The van der Waals surface area contributed by atoms with Crippen LogP contribution in [0, 0.1) is 0 Å². The van der Waals surface area contributed by atoms with Crippen molar-refractivity contribution in [2.75, 3.05) is 12.0 Å². The van der Waals surface area contributed by atoms with Gasteiger partial charge < -0.3 is 20.0 Å². The van der Waals surface area contributed by atoms with E-state index in [2.05, 4.69) is 5.32 Å². The molecule has 0 bridgehead atoms. The second-order valence-corrected chi connectivity index (χ2v) is 7.63. The van der Waals surface area contributed by atoms with Gasteiger partial charge in [-0.05, 0) is 49.0 Å². The van der Waals surface area contributed by atoms with Gasteiger partial charge in [0, 0.05) is 0 Å². The highest BCUT2D eigenvalue weighted by Crippen LogP contribution is 2.28. The van der Waals surface area contributed by atoms with Crippen LogP contribution in [0.3, 0.4) is 0 Å². The van der Waals surface area contributed by atoms with Gasteiger partial charge in [0.25, 0.3) is 0 Å². The van der Waals surface area contributed by atoms with Crippen LogP contribution in [0.4, 0.5) is 4.79 Å². The lowest BCUT2D eigenvalue weighted by atomic mass is 9.95. The van der Waals surface area contributed by atoms with Crippen LogP contribution in [-0.2, 0) is 15.1 Å². The highest BCUT2D eigenvalue weighted by molar-refractivity contribution is 7.98. The number of amides is 1. The summed E-state index contributed by atoms with van der Waals surface area (Å²) in [5.74, 6) is -0.713. The fraction of sp³-hybridized carbons (Fsp3) is 0.333. The van der Waals surface area contributed by atoms with Gasteiger partial charge in [0.1, 0.15) is 5.60 Å². The van der Waals surface area contributed by atoms with Gasteiger partial charge in [-0.15, -0.1) is 0 Å². The van der Waals surface area contributed by atoms with Crippen molar-refractivity contribution in [2.45, 2.75) is 31.9 Å². The minimum atomic E-state index is -1.31. The maximum absolute atomic E-state index is 12.2. The SMILES string of the molecule is CSCC[C@H](NC(=O)OC(C)(C)c1ccc(-c2ccccc2)cc1)C(=O)[O-]. The topological polar surface area (TPSA) is 78.5 Å². The molecule has 0 saturated carbocycles. The molecule has 1 amide bonds. The quantitative estimate of drug-likeness (QED) is 0.754. The van der Waals surface area contributed by atoms with E-state index in [0.29, 0.717) is 5.75 Å². The number of alkyl carbamates (subject to hydrolysis) is 1. The van der Waals surface area contributed by atoms with Gasteiger partial charge in [-0.3, -0.25) is 0 Å². The van der Waals surface area contributed by atoms with Crippen molar-refractivity contribution in [2.24, 2.45) is 0 Å². The third-order valence-corrected chi connectivity index (χ3v) is 4.87. The molecular formula is C21H24NO4S-. The highest BCUT2D eigenvalue weighted by atomic mass is 32.2. The zero-order valence-electron chi connectivity index (χ0n) is 15.7. The molecule has 0 aromatic heterocycles. The maximum Gasteiger partial charge on any atom is 0.408 e. The number of hydrogen-bond donors (Lipinski definition) is 1. The summed E-state index contributed by atoms with van der Waals surface area (Å²) >= 11 is 1.50. The number of rotatable bonds is 8. The lowest BCUT2D eigenvalue weighted by molar-refractivity contribution is -0.308. The molecule has 5 nitrogen and oxygen atoms in total.